The first-order valence-electron chi connectivity index (χ1n) is 8.96. The van der Waals surface area contributed by atoms with Gasteiger partial charge in [0, 0.05) is 5.56 Å². The molecule has 0 N–H and O–H groups in total. The summed E-state index contributed by atoms with van der Waals surface area (Å²) in [4.78, 5) is 25.6. The number of carbonyl (C=O) groups excluding carboxylic acids is 2. The molecule has 2 fully saturated rings. The zero-order valence-corrected chi connectivity index (χ0v) is 14.4. The molecular weight excluding hydrogens is 300 g/mol. The summed E-state index contributed by atoms with van der Waals surface area (Å²) in [6, 6.07) is 9.13. The van der Waals surface area contributed by atoms with E-state index in [-0.39, 0.29) is 18.2 Å². The van der Waals surface area contributed by atoms with Crippen molar-refractivity contribution in [2.24, 2.45) is 28.3 Å². The summed E-state index contributed by atoms with van der Waals surface area (Å²) < 4.78 is 0. The molecule has 0 aromatic heterocycles. The molecule has 1 aliphatic heterocycles. The Morgan fingerprint density at radius 2 is 2.00 bits per heavy atom. The van der Waals surface area contributed by atoms with Crippen LogP contribution in [-0.2, 0) is 4.79 Å². The van der Waals surface area contributed by atoms with Crippen LogP contribution >= 0.6 is 0 Å². The van der Waals surface area contributed by atoms with Crippen LogP contribution in [0.4, 0.5) is 0 Å². The van der Waals surface area contributed by atoms with E-state index in [1.165, 1.54) is 24.3 Å². The second-order valence-corrected chi connectivity index (χ2v) is 7.82. The smallest absolute Gasteiger partial charge is 0.255 e. The number of hydrazone groups is 1. The van der Waals surface area contributed by atoms with Crippen molar-refractivity contribution >= 4 is 17.4 Å². The average Bonchev–Trinajstić information content (AvgIpc) is 3.28. The minimum Gasteiger partial charge on any atom is -0.292 e. The highest BCUT2D eigenvalue weighted by atomic mass is 16.2. The third-order valence-corrected chi connectivity index (χ3v) is 6.57. The molecular formula is C20H24N2O2. The van der Waals surface area contributed by atoms with Crippen molar-refractivity contribution in [3.8, 4) is 0 Å². The second-order valence-electron chi connectivity index (χ2n) is 7.82. The van der Waals surface area contributed by atoms with Gasteiger partial charge in [-0.2, -0.15) is 5.10 Å². The maximum absolute atomic E-state index is 13.1. The number of Topliss-reactive ketones (excluding diaryl/α,β-unsaturated/α-hetero) is 1. The Hall–Kier alpha value is -1.97. The lowest BCUT2D eigenvalue weighted by molar-refractivity contribution is -0.138. The van der Waals surface area contributed by atoms with Gasteiger partial charge in [-0.15, -0.1) is 0 Å². The maximum Gasteiger partial charge on any atom is 0.255 e. The molecule has 0 radical (unpaired) electrons. The fourth-order valence-electron chi connectivity index (χ4n) is 5.09. The Kier molecular flexibility index (Phi) is 3.59. The van der Waals surface area contributed by atoms with Crippen molar-refractivity contribution in [3.63, 3.8) is 0 Å². The molecule has 1 aromatic carbocycles. The number of carbonyl (C=O) groups is 2. The highest BCUT2D eigenvalue weighted by Gasteiger charge is 2.57. The predicted octanol–water partition coefficient (Wildman–Crippen LogP) is 3.53. The van der Waals surface area contributed by atoms with Crippen LogP contribution in [0.1, 0.15) is 49.9 Å². The van der Waals surface area contributed by atoms with Crippen molar-refractivity contribution in [1.82, 2.24) is 5.01 Å². The van der Waals surface area contributed by atoms with Crippen LogP contribution < -0.4 is 0 Å². The van der Waals surface area contributed by atoms with Crippen LogP contribution in [0.2, 0.25) is 0 Å². The van der Waals surface area contributed by atoms with Crippen LogP contribution in [0.15, 0.2) is 35.4 Å². The van der Waals surface area contributed by atoms with Gasteiger partial charge >= 0.3 is 0 Å². The lowest BCUT2D eigenvalue weighted by Crippen LogP contribution is -2.45. The molecule has 126 valence electrons. The molecule has 4 rings (SSSR count). The van der Waals surface area contributed by atoms with Gasteiger partial charge in [0.2, 0.25) is 0 Å². The first kappa shape index (κ1) is 15.6. The van der Waals surface area contributed by atoms with Crippen LogP contribution in [0.5, 0.6) is 0 Å². The predicted molar refractivity (Wildman–Crippen MR) is 92.6 cm³/mol. The van der Waals surface area contributed by atoms with Gasteiger partial charge in [-0.05, 0) is 50.9 Å². The van der Waals surface area contributed by atoms with Crippen molar-refractivity contribution in [2.75, 3.05) is 6.54 Å². The number of hydrogen-bond acceptors (Lipinski definition) is 3. The summed E-state index contributed by atoms with van der Waals surface area (Å²) in [5, 5.41) is 5.91. The Morgan fingerprint density at radius 3 is 2.62 bits per heavy atom. The number of nitrogens with zero attached hydrogens (tertiary/aromatic N) is 2. The first-order chi connectivity index (χ1) is 11.5. The normalized spacial score (nSPS) is 34.8. The van der Waals surface area contributed by atoms with Crippen LogP contribution in [-0.4, -0.2) is 29.0 Å². The number of ketones is 1. The molecule has 4 heteroatoms. The second kappa shape index (κ2) is 5.54. The molecule has 1 aromatic rings. The standard InChI is InChI=1S/C20H24N2O2/c1-13-20(2,17-11-14-8-9-16(17)10-14)19(24)22(21-13)12-18(23)15-6-4-3-5-7-15/h3-7,14,16-17H,8-12H2,1-2H3/t14-,16+,17+,20?/m0/s1. The van der Waals surface area contributed by atoms with Crippen molar-refractivity contribution < 1.29 is 9.59 Å². The summed E-state index contributed by atoms with van der Waals surface area (Å²) in [7, 11) is 0. The maximum atomic E-state index is 13.1. The van der Waals surface area contributed by atoms with E-state index in [0.29, 0.717) is 17.4 Å². The number of hydrogen-bond donors (Lipinski definition) is 0. The van der Waals surface area contributed by atoms with Crippen LogP contribution in [0, 0.1) is 23.2 Å². The quantitative estimate of drug-likeness (QED) is 0.796. The minimum absolute atomic E-state index is 0.0156. The third-order valence-electron chi connectivity index (χ3n) is 6.57. The largest absolute Gasteiger partial charge is 0.292 e. The lowest BCUT2D eigenvalue weighted by Gasteiger charge is -2.35. The van der Waals surface area contributed by atoms with Gasteiger partial charge in [0.1, 0.15) is 6.54 Å². The van der Waals surface area contributed by atoms with Crippen molar-refractivity contribution in [1.29, 1.82) is 0 Å². The topological polar surface area (TPSA) is 49.7 Å². The fourth-order valence-corrected chi connectivity index (χ4v) is 5.09. The number of amides is 1. The Bertz CT molecular complexity index is 712. The molecule has 2 aliphatic carbocycles. The molecule has 2 saturated carbocycles. The number of rotatable bonds is 4. The van der Waals surface area contributed by atoms with E-state index in [4.69, 9.17) is 0 Å². The van der Waals surface area contributed by atoms with E-state index in [1.54, 1.807) is 12.1 Å². The van der Waals surface area contributed by atoms with E-state index in [2.05, 4.69) is 5.10 Å². The van der Waals surface area contributed by atoms with E-state index in [0.717, 1.165) is 18.1 Å². The van der Waals surface area contributed by atoms with Gasteiger partial charge < -0.3 is 0 Å². The third kappa shape index (κ3) is 2.23. The van der Waals surface area contributed by atoms with E-state index >= 15 is 0 Å². The van der Waals surface area contributed by atoms with Gasteiger partial charge in [0.05, 0.1) is 11.1 Å². The van der Waals surface area contributed by atoms with Gasteiger partial charge in [0.25, 0.3) is 5.91 Å². The number of fused-ring (bicyclic) bond motifs is 2. The van der Waals surface area contributed by atoms with Crippen molar-refractivity contribution in [2.45, 2.75) is 39.5 Å². The van der Waals surface area contributed by atoms with Crippen LogP contribution in [0.3, 0.4) is 0 Å². The van der Waals surface area contributed by atoms with Crippen molar-refractivity contribution in [3.05, 3.63) is 35.9 Å². The SMILES string of the molecule is CC1=NN(CC(=O)c2ccccc2)C(=O)C1(C)[C@@H]1C[C@H]2CC[C@@H]1C2. The molecule has 4 atom stereocenters. The fraction of sp³-hybridized carbons (Fsp3) is 0.550. The summed E-state index contributed by atoms with van der Waals surface area (Å²) in [6.45, 7) is 4.04. The lowest BCUT2D eigenvalue weighted by atomic mass is 9.66. The summed E-state index contributed by atoms with van der Waals surface area (Å²) in [6.07, 6.45) is 4.97. The Labute approximate surface area is 142 Å². The first-order valence-corrected chi connectivity index (χ1v) is 8.96. The molecule has 1 amide bonds. The van der Waals surface area contributed by atoms with Gasteiger partial charge in [-0.1, -0.05) is 36.8 Å². The molecule has 24 heavy (non-hydrogen) atoms. The monoisotopic (exact) mass is 324 g/mol. The molecule has 3 aliphatic rings. The zero-order chi connectivity index (χ0) is 16.9. The molecule has 0 saturated heterocycles. The summed E-state index contributed by atoms with van der Waals surface area (Å²) >= 11 is 0. The van der Waals surface area contributed by atoms with E-state index in [9.17, 15) is 9.59 Å². The highest BCUT2D eigenvalue weighted by Crippen LogP contribution is 2.56. The minimum atomic E-state index is -0.517. The molecule has 4 nitrogen and oxygen atoms in total. The summed E-state index contributed by atoms with van der Waals surface area (Å²) in [5.74, 6) is 1.79. The van der Waals surface area contributed by atoms with Gasteiger partial charge in [-0.3, -0.25) is 9.59 Å². The average molecular weight is 324 g/mol. The van der Waals surface area contributed by atoms with Gasteiger partial charge in [-0.25, -0.2) is 5.01 Å². The molecule has 2 bridgehead atoms. The molecule has 1 heterocycles. The number of benzene rings is 1. The van der Waals surface area contributed by atoms with E-state index < -0.39 is 5.41 Å². The summed E-state index contributed by atoms with van der Waals surface area (Å²) in [5.41, 5.74) is 0.995. The highest BCUT2D eigenvalue weighted by molar-refractivity contribution is 6.12. The molecule has 0 spiro atoms. The zero-order valence-electron chi connectivity index (χ0n) is 14.4. The Balaban J connectivity index is 1.53. The Morgan fingerprint density at radius 1 is 1.25 bits per heavy atom. The molecule has 1 unspecified atom stereocenters. The van der Waals surface area contributed by atoms with Gasteiger partial charge in [0.15, 0.2) is 5.78 Å². The van der Waals surface area contributed by atoms with Crippen LogP contribution in [0.25, 0.3) is 0 Å². The van der Waals surface area contributed by atoms with E-state index in [1.807, 2.05) is 32.0 Å².